The molecule has 0 saturated carbocycles. The van der Waals surface area contributed by atoms with E-state index in [0.717, 1.165) is 4.88 Å². The van der Waals surface area contributed by atoms with Gasteiger partial charge in [0.05, 0.1) is 6.04 Å². The van der Waals surface area contributed by atoms with Gasteiger partial charge in [0.15, 0.2) is 0 Å². The van der Waals surface area contributed by atoms with E-state index < -0.39 is 18.0 Å². The number of carbonyl (C=O) groups is 2. The number of hydrogen-bond donors (Lipinski definition) is 4. The van der Waals surface area contributed by atoms with Crippen LogP contribution in [0.4, 0.5) is 4.79 Å². The molecular formula is C11H16N2O4S. The number of aliphatic hydroxyl groups is 1. The van der Waals surface area contributed by atoms with Crippen LogP contribution in [-0.4, -0.2) is 34.9 Å². The van der Waals surface area contributed by atoms with Crippen molar-refractivity contribution in [1.29, 1.82) is 0 Å². The molecule has 0 aliphatic rings. The fourth-order valence-corrected chi connectivity index (χ4v) is 2.13. The van der Waals surface area contributed by atoms with Crippen molar-refractivity contribution in [2.24, 2.45) is 0 Å². The summed E-state index contributed by atoms with van der Waals surface area (Å²) in [4.78, 5) is 23.3. The molecular weight excluding hydrogens is 256 g/mol. The Kier molecular flexibility index (Phi) is 5.60. The molecule has 1 aromatic rings. The topological polar surface area (TPSA) is 98.7 Å². The molecule has 0 bridgehead atoms. The minimum Gasteiger partial charge on any atom is -0.480 e. The third-order valence-electron chi connectivity index (χ3n) is 2.34. The molecule has 0 spiro atoms. The summed E-state index contributed by atoms with van der Waals surface area (Å²) < 4.78 is 0. The minimum absolute atomic E-state index is 0.0177. The van der Waals surface area contributed by atoms with Crippen LogP contribution in [0.2, 0.25) is 0 Å². The van der Waals surface area contributed by atoms with Crippen molar-refractivity contribution in [1.82, 2.24) is 10.6 Å². The Morgan fingerprint density at radius 2 is 2.17 bits per heavy atom. The van der Waals surface area contributed by atoms with Gasteiger partial charge >= 0.3 is 12.0 Å². The monoisotopic (exact) mass is 272 g/mol. The number of rotatable bonds is 6. The fourth-order valence-electron chi connectivity index (χ4n) is 1.39. The summed E-state index contributed by atoms with van der Waals surface area (Å²) >= 11 is 1.51. The second-order valence-corrected chi connectivity index (χ2v) is 4.74. The average molecular weight is 272 g/mol. The fraction of sp³-hybridized carbons (Fsp3) is 0.455. The lowest BCUT2D eigenvalue weighted by Crippen LogP contribution is -2.46. The smallest absolute Gasteiger partial charge is 0.326 e. The molecule has 100 valence electrons. The third kappa shape index (κ3) is 4.34. The molecule has 0 aliphatic carbocycles. The number of amides is 2. The van der Waals surface area contributed by atoms with Crippen molar-refractivity contribution in [3.8, 4) is 0 Å². The Morgan fingerprint density at radius 3 is 2.67 bits per heavy atom. The first-order chi connectivity index (χ1) is 8.54. The summed E-state index contributed by atoms with van der Waals surface area (Å²) in [5.74, 6) is -1.16. The Labute approximate surface area is 109 Å². The summed E-state index contributed by atoms with van der Waals surface area (Å²) in [7, 11) is 0. The van der Waals surface area contributed by atoms with Crippen molar-refractivity contribution in [3.05, 3.63) is 22.4 Å². The van der Waals surface area contributed by atoms with E-state index in [4.69, 9.17) is 10.2 Å². The maximum Gasteiger partial charge on any atom is 0.326 e. The van der Waals surface area contributed by atoms with Gasteiger partial charge in [-0.3, -0.25) is 0 Å². The number of aliphatic hydroxyl groups excluding tert-OH is 1. The van der Waals surface area contributed by atoms with Gasteiger partial charge in [0.2, 0.25) is 0 Å². The zero-order valence-electron chi connectivity index (χ0n) is 9.92. The highest BCUT2D eigenvalue weighted by molar-refractivity contribution is 7.10. The molecule has 1 rings (SSSR count). The first kappa shape index (κ1) is 14.5. The van der Waals surface area contributed by atoms with Gasteiger partial charge < -0.3 is 20.8 Å². The van der Waals surface area contributed by atoms with Crippen molar-refractivity contribution < 1.29 is 19.8 Å². The quantitative estimate of drug-likeness (QED) is 0.619. The predicted octanol–water partition coefficient (Wildman–Crippen LogP) is 0.944. The van der Waals surface area contributed by atoms with Gasteiger partial charge in [-0.05, 0) is 18.4 Å². The Balaban J connectivity index is 2.47. The van der Waals surface area contributed by atoms with Gasteiger partial charge in [-0.1, -0.05) is 6.07 Å². The van der Waals surface area contributed by atoms with E-state index in [1.807, 2.05) is 24.4 Å². The van der Waals surface area contributed by atoms with Crippen LogP contribution in [0.25, 0.3) is 0 Å². The van der Waals surface area contributed by atoms with Crippen LogP contribution in [-0.2, 0) is 4.79 Å². The van der Waals surface area contributed by atoms with E-state index in [1.165, 1.54) is 11.3 Å². The number of aliphatic carboxylic acids is 1. The average Bonchev–Trinajstić information content (AvgIpc) is 2.81. The van der Waals surface area contributed by atoms with E-state index in [9.17, 15) is 9.59 Å². The number of urea groups is 1. The summed E-state index contributed by atoms with van der Waals surface area (Å²) in [5, 5.41) is 24.4. The van der Waals surface area contributed by atoms with E-state index >= 15 is 0 Å². The highest BCUT2D eigenvalue weighted by atomic mass is 32.1. The maximum atomic E-state index is 11.6. The molecule has 7 heteroatoms. The van der Waals surface area contributed by atoms with Crippen LogP contribution in [0.1, 0.15) is 24.3 Å². The predicted molar refractivity (Wildman–Crippen MR) is 67.5 cm³/mol. The second kappa shape index (κ2) is 6.97. The van der Waals surface area contributed by atoms with Gasteiger partial charge in [0, 0.05) is 17.9 Å². The number of carboxylic acid groups (broad SMARTS) is 1. The molecule has 2 amide bonds. The van der Waals surface area contributed by atoms with E-state index in [0.29, 0.717) is 0 Å². The number of carbonyl (C=O) groups excluding carboxylic acids is 1. The minimum atomic E-state index is -1.16. The Bertz CT molecular complexity index is 394. The molecule has 2 atom stereocenters. The molecule has 1 unspecified atom stereocenters. The van der Waals surface area contributed by atoms with Crippen LogP contribution in [0.5, 0.6) is 0 Å². The Morgan fingerprint density at radius 1 is 1.44 bits per heavy atom. The maximum absolute atomic E-state index is 11.6. The van der Waals surface area contributed by atoms with Crippen molar-refractivity contribution >= 4 is 23.3 Å². The SMILES string of the molecule is CC(NC(=O)N[C@H](CCO)C(=O)O)c1cccs1. The summed E-state index contributed by atoms with van der Waals surface area (Å²) in [5.41, 5.74) is 0. The van der Waals surface area contributed by atoms with Crippen molar-refractivity contribution in [2.45, 2.75) is 25.4 Å². The lowest BCUT2D eigenvalue weighted by atomic mass is 10.2. The van der Waals surface area contributed by atoms with Crippen molar-refractivity contribution in [2.75, 3.05) is 6.61 Å². The molecule has 0 fully saturated rings. The number of nitrogens with one attached hydrogen (secondary N) is 2. The molecule has 1 aromatic heterocycles. The second-order valence-electron chi connectivity index (χ2n) is 3.76. The molecule has 18 heavy (non-hydrogen) atoms. The number of thiophene rings is 1. The first-order valence-corrected chi connectivity index (χ1v) is 6.36. The molecule has 6 nitrogen and oxygen atoms in total. The van der Waals surface area contributed by atoms with Gasteiger partial charge in [-0.15, -0.1) is 11.3 Å². The zero-order valence-corrected chi connectivity index (χ0v) is 10.7. The largest absolute Gasteiger partial charge is 0.480 e. The highest BCUT2D eigenvalue weighted by Crippen LogP contribution is 2.17. The standard InChI is InChI=1S/C11H16N2O4S/c1-7(9-3-2-6-18-9)12-11(17)13-8(4-5-14)10(15)16/h2-3,6-8,14H,4-5H2,1H3,(H,15,16)(H2,12,13,17)/t7?,8-/m1/s1. The summed E-state index contributed by atoms with van der Waals surface area (Å²) in [6.07, 6.45) is -0.0177. The van der Waals surface area contributed by atoms with E-state index in [-0.39, 0.29) is 19.1 Å². The molecule has 0 saturated heterocycles. The van der Waals surface area contributed by atoms with E-state index in [1.54, 1.807) is 0 Å². The normalized spacial score (nSPS) is 13.7. The van der Waals surface area contributed by atoms with Crippen LogP contribution in [0, 0.1) is 0 Å². The summed E-state index contributed by atoms with van der Waals surface area (Å²) in [6, 6.07) is 1.94. The number of hydrogen-bond acceptors (Lipinski definition) is 4. The molecule has 4 N–H and O–H groups in total. The summed E-state index contributed by atoms with van der Waals surface area (Å²) in [6.45, 7) is 1.52. The molecule has 0 aromatic carbocycles. The zero-order chi connectivity index (χ0) is 13.5. The van der Waals surface area contributed by atoms with Crippen LogP contribution in [0.15, 0.2) is 17.5 Å². The van der Waals surface area contributed by atoms with Gasteiger partial charge in [0.25, 0.3) is 0 Å². The van der Waals surface area contributed by atoms with E-state index in [2.05, 4.69) is 10.6 Å². The third-order valence-corrected chi connectivity index (χ3v) is 3.39. The van der Waals surface area contributed by atoms with Gasteiger partial charge in [-0.2, -0.15) is 0 Å². The molecule has 0 radical (unpaired) electrons. The molecule has 0 aliphatic heterocycles. The number of carboxylic acids is 1. The highest BCUT2D eigenvalue weighted by Gasteiger charge is 2.20. The lowest BCUT2D eigenvalue weighted by molar-refractivity contribution is -0.139. The van der Waals surface area contributed by atoms with Crippen LogP contribution >= 0.6 is 11.3 Å². The lowest BCUT2D eigenvalue weighted by Gasteiger charge is -2.17. The molecule has 1 heterocycles. The van der Waals surface area contributed by atoms with Gasteiger partial charge in [-0.25, -0.2) is 9.59 Å². The van der Waals surface area contributed by atoms with Crippen LogP contribution < -0.4 is 10.6 Å². The first-order valence-electron chi connectivity index (χ1n) is 5.48. The van der Waals surface area contributed by atoms with Crippen LogP contribution in [0.3, 0.4) is 0 Å². The van der Waals surface area contributed by atoms with Gasteiger partial charge in [0.1, 0.15) is 6.04 Å². The Hall–Kier alpha value is -1.60. The van der Waals surface area contributed by atoms with Crippen molar-refractivity contribution in [3.63, 3.8) is 0 Å².